The lowest BCUT2D eigenvalue weighted by Crippen LogP contribution is -2.43. The van der Waals surface area contributed by atoms with E-state index in [0.29, 0.717) is 39.9 Å². The topological polar surface area (TPSA) is 93.9 Å². The Bertz CT molecular complexity index is 1240. The molecule has 3 N–H and O–H groups in total. The molecular weight excluding hydrogens is 490 g/mol. The lowest BCUT2D eigenvalue weighted by molar-refractivity contribution is 0.0606. The van der Waals surface area contributed by atoms with Crippen LogP contribution in [0.1, 0.15) is 52.0 Å². The number of benzene rings is 3. The highest BCUT2D eigenvalue weighted by Gasteiger charge is 2.29. The summed E-state index contributed by atoms with van der Waals surface area (Å²) in [5, 5.41) is 3.45. The number of hydrogen-bond acceptors (Lipinski definition) is 5. The van der Waals surface area contributed by atoms with Crippen LogP contribution in [0.3, 0.4) is 0 Å². The molecule has 0 unspecified atom stereocenters. The molecule has 0 radical (unpaired) electrons. The Morgan fingerprint density at radius 3 is 2.30 bits per heavy atom. The van der Waals surface area contributed by atoms with Crippen molar-refractivity contribution in [2.75, 3.05) is 19.5 Å². The second-order valence-corrected chi connectivity index (χ2v) is 9.60. The monoisotopic (exact) mass is 521 g/mol. The molecule has 3 aromatic carbocycles. The van der Waals surface area contributed by atoms with E-state index < -0.39 is 0 Å². The third-order valence-electron chi connectivity index (χ3n) is 6.75. The second-order valence-electron chi connectivity index (χ2n) is 9.20. The highest BCUT2D eigenvalue weighted by molar-refractivity contribution is 6.31. The van der Waals surface area contributed by atoms with Crippen LogP contribution in [-0.2, 0) is 6.54 Å². The molecule has 1 fully saturated rings. The maximum absolute atomic E-state index is 13.6. The summed E-state index contributed by atoms with van der Waals surface area (Å²) >= 11 is 6.58. The van der Waals surface area contributed by atoms with Crippen molar-refractivity contribution in [2.24, 2.45) is 5.73 Å². The van der Waals surface area contributed by atoms with Crippen LogP contribution in [0.25, 0.3) is 0 Å². The van der Waals surface area contributed by atoms with Gasteiger partial charge in [0.15, 0.2) is 11.5 Å². The van der Waals surface area contributed by atoms with Gasteiger partial charge in [0.05, 0.1) is 14.2 Å². The summed E-state index contributed by atoms with van der Waals surface area (Å²) in [6.07, 6.45) is 3.43. The van der Waals surface area contributed by atoms with E-state index in [4.69, 9.17) is 26.8 Å². The van der Waals surface area contributed by atoms with Crippen LogP contribution in [-0.4, -0.2) is 43.0 Å². The molecule has 8 heteroatoms. The number of nitrogens with zero attached hydrogens (tertiary/aromatic N) is 1. The van der Waals surface area contributed by atoms with E-state index in [0.717, 1.165) is 31.2 Å². The fourth-order valence-corrected chi connectivity index (χ4v) is 4.84. The second kappa shape index (κ2) is 12.1. The highest BCUT2D eigenvalue weighted by Crippen LogP contribution is 2.30. The standard InChI is InChI=1S/C29H32ClN3O4/c1-36-26-15-8-20(17-27(26)37-2)28(34)32-23-11-14-25(30)21(16-23)18-33(24-12-9-22(31)10-13-24)29(35)19-6-4-3-5-7-19/h3-8,11,14-17,22,24H,9-10,12-13,18,31H2,1-2H3,(H,32,34). The molecule has 3 aromatic rings. The minimum atomic E-state index is -0.298. The molecule has 37 heavy (non-hydrogen) atoms. The van der Waals surface area contributed by atoms with Gasteiger partial charge in [0, 0.05) is 40.5 Å². The van der Waals surface area contributed by atoms with Gasteiger partial charge in [0.2, 0.25) is 0 Å². The molecule has 1 aliphatic rings. The van der Waals surface area contributed by atoms with E-state index in [2.05, 4.69) is 5.32 Å². The molecule has 0 aliphatic heterocycles. The van der Waals surface area contributed by atoms with Crippen molar-refractivity contribution in [2.45, 2.75) is 44.3 Å². The van der Waals surface area contributed by atoms with Crippen molar-refractivity contribution in [3.8, 4) is 11.5 Å². The van der Waals surface area contributed by atoms with Crippen molar-refractivity contribution in [3.63, 3.8) is 0 Å². The molecule has 0 aromatic heterocycles. The number of nitrogens with one attached hydrogen (secondary N) is 1. The summed E-state index contributed by atoms with van der Waals surface area (Å²) in [7, 11) is 3.06. The van der Waals surface area contributed by atoms with E-state index in [1.807, 2.05) is 41.3 Å². The van der Waals surface area contributed by atoms with Crippen LogP contribution in [0.2, 0.25) is 5.02 Å². The number of carbonyl (C=O) groups is 2. The van der Waals surface area contributed by atoms with E-state index >= 15 is 0 Å². The molecule has 1 aliphatic carbocycles. The van der Waals surface area contributed by atoms with Gasteiger partial charge in [-0.1, -0.05) is 29.8 Å². The first-order valence-electron chi connectivity index (χ1n) is 12.3. The summed E-state index contributed by atoms with van der Waals surface area (Å²) in [6, 6.07) is 19.8. The molecule has 0 heterocycles. The Morgan fingerprint density at radius 2 is 1.62 bits per heavy atom. The maximum atomic E-state index is 13.6. The van der Waals surface area contributed by atoms with E-state index in [-0.39, 0.29) is 23.9 Å². The maximum Gasteiger partial charge on any atom is 0.255 e. The molecule has 194 valence electrons. The molecule has 0 bridgehead atoms. The summed E-state index contributed by atoms with van der Waals surface area (Å²) in [5.41, 5.74) is 8.52. The van der Waals surface area contributed by atoms with Crippen molar-refractivity contribution < 1.29 is 19.1 Å². The number of hydrogen-bond donors (Lipinski definition) is 2. The fourth-order valence-electron chi connectivity index (χ4n) is 4.66. The van der Waals surface area contributed by atoms with Gasteiger partial charge in [0.1, 0.15) is 0 Å². The summed E-state index contributed by atoms with van der Waals surface area (Å²) in [6.45, 7) is 0.326. The first kappa shape index (κ1) is 26.5. The van der Waals surface area contributed by atoms with Gasteiger partial charge in [-0.2, -0.15) is 0 Å². The van der Waals surface area contributed by atoms with Gasteiger partial charge in [-0.3, -0.25) is 9.59 Å². The van der Waals surface area contributed by atoms with Gasteiger partial charge in [-0.05, 0) is 79.8 Å². The largest absolute Gasteiger partial charge is 0.493 e. The number of ether oxygens (including phenoxy) is 2. The number of methoxy groups -OCH3 is 2. The summed E-state index contributed by atoms with van der Waals surface area (Å²) in [4.78, 5) is 28.4. The molecule has 0 atom stereocenters. The van der Waals surface area contributed by atoms with E-state index in [1.54, 1.807) is 37.4 Å². The van der Waals surface area contributed by atoms with Crippen LogP contribution >= 0.6 is 11.6 Å². The van der Waals surface area contributed by atoms with Crippen LogP contribution in [0, 0.1) is 0 Å². The average Bonchev–Trinajstić information content (AvgIpc) is 2.93. The Balaban J connectivity index is 1.57. The SMILES string of the molecule is COc1ccc(C(=O)Nc2ccc(Cl)c(CN(C(=O)c3ccccc3)C3CCC(N)CC3)c2)cc1OC. The highest BCUT2D eigenvalue weighted by atomic mass is 35.5. The van der Waals surface area contributed by atoms with Crippen molar-refractivity contribution in [1.82, 2.24) is 4.90 Å². The minimum Gasteiger partial charge on any atom is -0.493 e. The fraction of sp³-hybridized carbons (Fsp3) is 0.310. The summed E-state index contributed by atoms with van der Waals surface area (Å²) in [5.74, 6) is 0.665. The zero-order chi connectivity index (χ0) is 26.4. The number of amides is 2. The molecule has 2 amide bonds. The first-order valence-corrected chi connectivity index (χ1v) is 12.7. The smallest absolute Gasteiger partial charge is 0.255 e. The number of rotatable bonds is 8. The van der Waals surface area contributed by atoms with Gasteiger partial charge in [0.25, 0.3) is 11.8 Å². The Morgan fingerprint density at radius 1 is 0.919 bits per heavy atom. The Labute approximate surface area is 222 Å². The minimum absolute atomic E-state index is 0.0445. The van der Waals surface area contributed by atoms with Gasteiger partial charge < -0.3 is 25.4 Å². The zero-order valence-electron chi connectivity index (χ0n) is 21.1. The molecule has 1 saturated carbocycles. The van der Waals surface area contributed by atoms with Crippen LogP contribution in [0.5, 0.6) is 11.5 Å². The van der Waals surface area contributed by atoms with Crippen LogP contribution in [0.15, 0.2) is 66.7 Å². The third-order valence-corrected chi connectivity index (χ3v) is 7.12. The normalized spacial score (nSPS) is 17.1. The van der Waals surface area contributed by atoms with E-state index in [9.17, 15) is 9.59 Å². The first-order chi connectivity index (χ1) is 17.9. The quantitative estimate of drug-likeness (QED) is 0.407. The van der Waals surface area contributed by atoms with Gasteiger partial charge in [-0.25, -0.2) is 0 Å². The molecular formula is C29H32ClN3O4. The predicted octanol–water partition coefficient (Wildman–Crippen LogP) is 5.52. The summed E-state index contributed by atoms with van der Waals surface area (Å²) < 4.78 is 10.6. The molecule has 0 saturated heterocycles. The number of carbonyl (C=O) groups excluding carboxylic acids is 2. The third kappa shape index (κ3) is 6.42. The number of nitrogens with two attached hydrogens (primary N) is 1. The van der Waals surface area contributed by atoms with Gasteiger partial charge in [-0.15, -0.1) is 0 Å². The molecule has 0 spiro atoms. The number of anilines is 1. The lowest BCUT2D eigenvalue weighted by Gasteiger charge is -2.36. The Kier molecular flexibility index (Phi) is 8.69. The lowest BCUT2D eigenvalue weighted by atomic mass is 9.90. The van der Waals surface area contributed by atoms with Crippen molar-refractivity contribution in [3.05, 3.63) is 88.4 Å². The van der Waals surface area contributed by atoms with Crippen LogP contribution < -0.4 is 20.5 Å². The molecule has 4 rings (SSSR count). The van der Waals surface area contributed by atoms with Gasteiger partial charge >= 0.3 is 0 Å². The van der Waals surface area contributed by atoms with Crippen LogP contribution in [0.4, 0.5) is 5.69 Å². The number of halogens is 1. The van der Waals surface area contributed by atoms with Crippen molar-refractivity contribution in [1.29, 1.82) is 0 Å². The Hall–Kier alpha value is -3.55. The average molecular weight is 522 g/mol. The predicted molar refractivity (Wildman–Crippen MR) is 145 cm³/mol. The molecule has 7 nitrogen and oxygen atoms in total. The van der Waals surface area contributed by atoms with Crippen molar-refractivity contribution >= 4 is 29.1 Å². The zero-order valence-corrected chi connectivity index (χ0v) is 21.8. The van der Waals surface area contributed by atoms with E-state index in [1.165, 1.54) is 7.11 Å².